The van der Waals surface area contributed by atoms with Gasteiger partial charge < -0.3 is 14.8 Å². The van der Waals surface area contributed by atoms with E-state index in [2.05, 4.69) is 4.98 Å². The lowest BCUT2D eigenvalue weighted by Crippen LogP contribution is -2.42. The summed E-state index contributed by atoms with van der Waals surface area (Å²) < 4.78 is 6.28. The number of hydrogen-bond acceptors (Lipinski definition) is 9. The van der Waals surface area contributed by atoms with E-state index in [0.29, 0.717) is 22.8 Å². The second-order valence-electron chi connectivity index (χ2n) is 11.5. The summed E-state index contributed by atoms with van der Waals surface area (Å²) in [6, 6.07) is 14.1. The predicted octanol–water partition coefficient (Wildman–Crippen LogP) is 4.26. The summed E-state index contributed by atoms with van der Waals surface area (Å²) in [5.41, 5.74) is 1.42. The first-order valence-electron chi connectivity index (χ1n) is 14.1. The number of fused-ring (bicyclic) bond motifs is 9. The number of nitrogens with zero attached hydrogens (tertiary/aromatic N) is 2. The first-order chi connectivity index (χ1) is 20.7. The minimum Gasteiger partial charge on any atom is -0.489 e. The van der Waals surface area contributed by atoms with E-state index in [9.17, 15) is 29.3 Å². The number of amides is 2. The fraction of sp³-hybridized carbons (Fsp3) is 0.400. The predicted molar refractivity (Wildman–Crippen MR) is 156 cm³/mol. The van der Waals surface area contributed by atoms with Crippen molar-refractivity contribution in [2.45, 2.75) is 42.1 Å². The van der Waals surface area contributed by atoms with Crippen LogP contribution in [0.5, 0.6) is 5.75 Å². The summed E-state index contributed by atoms with van der Waals surface area (Å²) in [5.74, 6) is -2.92. The molecule has 2 saturated carbocycles. The number of imide groups is 1. The number of ether oxygens (including phenoxy) is 1. The van der Waals surface area contributed by atoms with E-state index in [1.807, 2.05) is 30.3 Å². The number of H-pyrrole nitrogens is 1. The maximum atomic E-state index is 13.7. The number of nitrogens with one attached hydrogen (secondary N) is 1. The number of thioether (sulfide) groups is 1. The number of nitro benzene ring substituents is 1. The van der Waals surface area contributed by atoms with E-state index in [-0.39, 0.29) is 71.4 Å². The smallest absolute Gasteiger partial charge is 0.305 e. The largest absolute Gasteiger partial charge is 0.489 e. The zero-order valence-electron chi connectivity index (χ0n) is 22.7. The Kier molecular flexibility index (Phi) is 6.88. The number of carbonyl (C=O) groups is 3. The Morgan fingerprint density at radius 3 is 2.56 bits per heavy atom. The van der Waals surface area contributed by atoms with E-state index in [0.717, 1.165) is 21.8 Å². The van der Waals surface area contributed by atoms with Crippen molar-refractivity contribution in [1.29, 1.82) is 0 Å². The highest BCUT2D eigenvalue weighted by Gasteiger charge is 2.69. The van der Waals surface area contributed by atoms with Crippen LogP contribution in [0.1, 0.15) is 41.2 Å². The van der Waals surface area contributed by atoms with Crippen molar-refractivity contribution < 1.29 is 29.2 Å². The number of aliphatic carboxylic acids is 1. The Morgan fingerprint density at radius 1 is 1.09 bits per heavy atom. The number of carboxylic acid groups (broad SMARTS) is 1. The lowest BCUT2D eigenvalue weighted by molar-refractivity contribution is -0.385. The number of aromatic amines is 1. The van der Waals surface area contributed by atoms with Crippen LogP contribution < -0.4 is 9.61 Å². The second kappa shape index (κ2) is 10.6. The van der Waals surface area contributed by atoms with Crippen LogP contribution >= 0.6 is 23.1 Å². The third-order valence-corrected chi connectivity index (χ3v) is 12.0. The first kappa shape index (κ1) is 27.8. The Morgan fingerprint density at radius 2 is 1.84 bits per heavy atom. The highest BCUT2D eigenvalue weighted by Crippen LogP contribution is 2.69. The molecule has 1 aromatic heterocycles. The molecule has 6 unspecified atom stereocenters. The molecule has 1 saturated heterocycles. The van der Waals surface area contributed by atoms with Gasteiger partial charge in [-0.25, -0.2) is 0 Å². The summed E-state index contributed by atoms with van der Waals surface area (Å²) in [6.07, 6.45) is 0.734. The molecule has 11 nitrogen and oxygen atoms in total. The molecule has 2 aromatic carbocycles. The van der Waals surface area contributed by atoms with Crippen molar-refractivity contribution >= 4 is 46.6 Å². The van der Waals surface area contributed by atoms with Crippen molar-refractivity contribution in [2.24, 2.45) is 29.6 Å². The van der Waals surface area contributed by atoms with Crippen LogP contribution in [0, 0.1) is 39.7 Å². The number of rotatable bonds is 9. The van der Waals surface area contributed by atoms with Crippen molar-refractivity contribution in [3.05, 3.63) is 84.3 Å². The van der Waals surface area contributed by atoms with Gasteiger partial charge in [-0.05, 0) is 42.2 Å². The van der Waals surface area contributed by atoms with Crippen LogP contribution in [-0.2, 0) is 21.0 Å². The van der Waals surface area contributed by atoms with Crippen LogP contribution in [0.4, 0.5) is 5.69 Å². The SMILES string of the molecule is O=C(O)CCCN1C(=O)C2C3CC(C2C1=O)C1C3Sc2[nH]c(=O)sc2[C@@H]1c1cc([N+](=O)[O-])ccc1OCc1ccccc1. The molecule has 43 heavy (non-hydrogen) atoms. The van der Waals surface area contributed by atoms with Gasteiger partial charge in [-0.15, -0.1) is 11.8 Å². The van der Waals surface area contributed by atoms with Crippen LogP contribution in [0.25, 0.3) is 0 Å². The summed E-state index contributed by atoms with van der Waals surface area (Å²) in [7, 11) is 0. The van der Waals surface area contributed by atoms with Gasteiger partial charge >= 0.3 is 10.8 Å². The van der Waals surface area contributed by atoms with Crippen molar-refractivity contribution in [1.82, 2.24) is 9.88 Å². The third-order valence-electron chi connectivity index (χ3n) is 9.36. The normalized spacial score (nSPS) is 28.5. The molecule has 3 heterocycles. The molecule has 2 aliphatic carbocycles. The lowest BCUT2D eigenvalue weighted by Gasteiger charge is -2.43. The van der Waals surface area contributed by atoms with Crippen LogP contribution in [0.3, 0.4) is 0 Å². The van der Waals surface area contributed by atoms with E-state index in [1.165, 1.54) is 28.8 Å². The summed E-state index contributed by atoms with van der Waals surface area (Å²) in [5, 5.41) is 21.6. The number of benzene rings is 2. The molecule has 2 aliphatic heterocycles. The Labute approximate surface area is 253 Å². The van der Waals surface area contributed by atoms with Crippen molar-refractivity contribution in [3.8, 4) is 5.75 Å². The fourth-order valence-corrected chi connectivity index (χ4v) is 10.7. The van der Waals surface area contributed by atoms with Crippen LogP contribution in [0.15, 0.2) is 58.4 Å². The zero-order valence-corrected chi connectivity index (χ0v) is 24.3. The Hall–Kier alpha value is -3.97. The Balaban J connectivity index is 1.29. The maximum absolute atomic E-state index is 13.7. The molecule has 3 fully saturated rings. The molecule has 7 rings (SSSR count). The molecule has 2 bridgehead atoms. The van der Waals surface area contributed by atoms with Crippen molar-refractivity contribution in [2.75, 3.05) is 6.54 Å². The molecule has 7 atom stereocenters. The monoisotopic (exact) mass is 621 g/mol. The van der Waals surface area contributed by atoms with Gasteiger partial charge in [0.05, 0.1) is 21.8 Å². The number of likely N-dealkylation sites (tertiary alicyclic amines) is 1. The molecule has 13 heteroatoms. The van der Waals surface area contributed by atoms with E-state index < -0.39 is 28.6 Å². The van der Waals surface area contributed by atoms with E-state index in [4.69, 9.17) is 9.84 Å². The second-order valence-corrected chi connectivity index (χ2v) is 13.7. The average Bonchev–Trinajstić information content (AvgIpc) is 3.72. The number of hydrogen-bond donors (Lipinski definition) is 2. The van der Waals surface area contributed by atoms with Crippen molar-refractivity contribution in [3.63, 3.8) is 0 Å². The first-order valence-corrected chi connectivity index (χ1v) is 15.8. The summed E-state index contributed by atoms with van der Waals surface area (Å²) >= 11 is 2.60. The Bertz CT molecular complexity index is 1700. The molecule has 2 amide bonds. The van der Waals surface area contributed by atoms with Gasteiger partial charge in [0.1, 0.15) is 12.4 Å². The minimum atomic E-state index is -0.980. The molecular formula is C30H27N3O8S2. The van der Waals surface area contributed by atoms with Crippen LogP contribution in [-0.4, -0.2) is 49.5 Å². The quantitative estimate of drug-likeness (QED) is 0.202. The number of carbonyl (C=O) groups excluding carboxylic acids is 2. The van der Waals surface area contributed by atoms with Gasteiger partial charge in [-0.2, -0.15) is 0 Å². The van der Waals surface area contributed by atoms with Crippen LogP contribution in [0.2, 0.25) is 0 Å². The zero-order chi connectivity index (χ0) is 30.0. The van der Waals surface area contributed by atoms with E-state index in [1.54, 1.807) is 6.07 Å². The van der Waals surface area contributed by atoms with Gasteiger partial charge in [-0.3, -0.25) is 34.2 Å². The van der Waals surface area contributed by atoms with Gasteiger partial charge in [0, 0.05) is 46.7 Å². The number of nitro groups is 1. The molecule has 3 aromatic rings. The lowest BCUT2D eigenvalue weighted by atomic mass is 9.68. The molecule has 222 valence electrons. The summed E-state index contributed by atoms with van der Waals surface area (Å²) in [6.45, 7) is 0.317. The van der Waals surface area contributed by atoms with Gasteiger partial charge in [0.15, 0.2) is 0 Å². The highest BCUT2D eigenvalue weighted by molar-refractivity contribution is 8.00. The van der Waals surface area contributed by atoms with Gasteiger partial charge in [-0.1, -0.05) is 41.7 Å². The molecule has 0 spiro atoms. The number of aromatic nitrogens is 1. The highest BCUT2D eigenvalue weighted by atomic mass is 32.2. The third kappa shape index (κ3) is 4.56. The van der Waals surface area contributed by atoms with Gasteiger partial charge in [0.25, 0.3) is 5.69 Å². The fourth-order valence-electron chi connectivity index (χ4n) is 7.79. The van der Waals surface area contributed by atoms with Gasteiger partial charge in [0.2, 0.25) is 11.8 Å². The molecule has 2 N–H and O–H groups in total. The topological polar surface area (TPSA) is 160 Å². The summed E-state index contributed by atoms with van der Waals surface area (Å²) in [4.78, 5) is 67.1. The maximum Gasteiger partial charge on any atom is 0.305 e. The molecular weight excluding hydrogens is 594 g/mol. The number of thiazole rings is 1. The standard InChI is InChI=1S/C30H27N3O8S2/c34-20(35)7-4-10-32-28(36)23-17-12-18(24(23)29(32)37)25-22(17)21(26-27(42-25)31-30(38)43-26)16-11-15(33(39)40)8-9-19(16)41-13-14-5-2-1-3-6-14/h1-3,5-6,8-9,11,17-18,21-25H,4,7,10,12-13H2,(H,31,38)(H,34,35)/t17?,18?,21-,22?,23?,24?,25?/m1/s1. The molecule has 4 aliphatic rings. The number of non-ortho nitro benzene ring substituents is 1. The number of carboxylic acids is 1. The average molecular weight is 622 g/mol. The van der Waals surface area contributed by atoms with E-state index >= 15 is 0 Å². The minimum absolute atomic E-state index is 0.0747. The molecule has 0 radical (unpaired) electrons.